The number of para-hydroxylation sites is 1. The van der Waals surface area contributed by atoms with E-state index in [1.807, 2.05) is 18.2 Å². The zero-order chi connectivity index (χ0) is 17.6. The number of imidazole rings is 1. The predicted molar refractivity (Wildman–Crippen MR) is 88.9 cm³/mol. The van der Waals surface area contributed by atoms with Crippen LogP contribution in [0.4, 0.5) is 0 Å². The highest BCUT2D eigenvalue weighted by atomic mass is 16.4. The first-order valence-corrected chi connectivity index (χ1v) is 8.15. The molecule has 0 saturated carbocycles. The largest absolute Gasteiger partial charge is 0.394 e. The molecule has 2 heterocycles. The molecule has 0 aliphatic carbocycles. The molecule has 0 unspecified atom stereocenters. The van der Waals surface area contributed by atoms with Crippen molar-refractivity contribution in [3.8, 4) is 0 Å². The first-order valence-electron chi connectivity index (χ1n) is 8.15. The van der Waals surface area contributed by atoms with Gasteiger partial charge >= 0.3 is 5.69 Å². The number of aliphatic hydroxyl groups is 4. The van der Waals surface area contributed by atoms with Gasteiger partial charge in [0.15, 0.2) is 0 Å². The Hall–Kier alpha value is -1.67. The van der Waals surface area contributed by atoms with E-state index in [9.17, 15) is 20.1 Å². The van der Waals surface area contributed by atoms with Crippen molar-refractivity contribution < 1.29 is 20.4 Å². The van der Waals surface area contributed by atoms with E-state index < -0.39 is 24.9 Å². The Morgan fingerprint density at radius 1 is 1.21 bits per heavy atom. The second-order valence-electron chi connectivity index (χ2n) is 7.16. The predicted octanol–water partition coefficient (Wildman–Crippen LogP) is -0.441. The summed E-state index contributed by atoms with van der Waals surface area (Å²) in [5, 5.41) is 38.4. The number of aliphatic hydroxyl groups excluding tert-OH is 4. The van der Waals surface area contributed by atoms with E-state index in [2.05, 4.69) is 13.8 Å². The van der Waals surface area contributed by atoms with Crippen LogP contribution in [0, 0.1) is 0 Å². The minimum absolute atomic E-state index is 0.0383. The number of benzene rings is 1. The van der Waals surface area contributed by atoms with E-state index in [0.717, 1.165) is 17.5 Å². The van der Waals surface area contributed by atoms with Crippen LogP contribution in [-0.4, -0.2) is 54.5 Å². The summed E-state index contributed by atoms with van der Waals surface area (Å²) in [5.74, 6) is 0. The van der Waals surface area contributed by atoms with Gasteiger partial charge in [0.25, 0.3) is 0 Å². The molecule has 132 valence electrons. The summed E-state index contributed by atoms with van der Waals surface area (Å²) < 4.78 is 3.13. The van der Waals surface area contributed by atoms with Crippen LogP contribution in [0.3, 0.4) is 0 Å². The number of aromatic nitrogens is 2. The van der Waals surface area contributed by atoms with Crippen molar-refractivity contribution in [1.82, 2.24) is 9.13 Å². The molecular formula is C17H24N2O5. The van der Waals surface area contributed by atoms with Crippen LogP contribution in [0.2, 0.25) is 0 Å². The summed E-state index contributed by atoms with van der Waals surface area (Å²) in [6.07, 6.45) is -3.49. The number of nitrogens with zero attached hydrogens (tertiary/aromatic N) is 2. The molecule has 3 rings (SSSR count). The number of aryl methyl sites for hydroxylation is 1. The summed E-state index contributed by atoms with van der Waals surface area (Å²) in [6.45, 7) is 4.08. The summed E-state index contributed by atoms with van der Waals surface area (Å²) in [4.78, 5) is 12.7. The fourth-order valence-electron chi connectivity index (χ4n) is 3.49. The molecule has 24 heavy (non-hydrogen) atoms. The molecule has 7 nitrogen and oxygen atoms in total. The van der Waals surface area contributed by atoms with Gasteiger partial charge in [-0.05, 0) is 23.5 Å². The van der Waals surface area contributed by atoms with Crippen molar-refractivity contribution in [3.63, 3.8) is 0 Å². The molecule has 0 fully saturated rings. The maximum absolute atomic E-state index is 12.7. The minimum atomic E-state index is -1.52. The third-order valence-electron chi connectivity index (χ3n) is 5.07. The molecule has 1 aromatic heterocycles. The second-order valence-corrected chi connectivity index (χ2v) is 7.16. The molecule has 2 aromatic rings. The number of hydrogen-bond acceptors (Lipinski definition) is 5. The van der Waals surface area contributed by atoms with Crippen molar-refractivity contribution in [1.29, 1.82) is 0 Å². The average Bonchev–Trinajstić information content (AvgIpc) is 2.83. The highest BCUT2D eigenvalue weighted by molar-refractivity contribution is 5.81. The molecule has 3 atom stereocenters. The molecule has 0 saturated heterocycles. The Balaban J connectivity index is 2.07. The third-order valence-corrected chi connectivity index (χ3v) is 5.07. The van der Waals surface area contributed by atoms with Crippen molar-refractivity contribution in [2.75, 3.05) is 6.61 Å². The van der Waals surface area contributed by atoms with Crippen LogP contribution >= 0.6 is 0 Å². The van der Waals surface area contributed by atoms with Crippen LogP contribution < -0.4 is 5.69 Å². The van der Waals surface area contributed by atoms with Gasteiger partial charge in [0.1, 0.15) is 18.3 Å². The van der Waals surface area contributed by atoms with Crippen LogP contribution in [-0.2, 0) is 18.5 Å². The minimum Gasteiger partial charge on any atom is -0.394 e. The average molecular weight is 336 g/mol. The topological polar surface area (TPSA) is 108 Å². The van der Waals surface area contributed by atoms with Gasteiger partial charge in [-0.1, -0.05) is 26.0 Å². The van der Waals surface area contributed by atoms with Gasteiger partial charge in [0.2, 0.25) is 0 Å². The molecular weight excluding hydrogens is 312 g/mol. The van der Waals surface area contributed by atoms with Gasteiger partial charge in [0, 0.05) is 6.54 Å². The van der Waals surface area contributed by atoms with E-state index in [1.165, 1.54) is 4.57 Å². The Labute approximate surface area is 139 Å². The smallest absolute Gasteiger partial charge is 0.329 e. The van der Waals surface area contributed by atoms with E-state index in [0.29, 0.717) is 12.1 Å². The highest BCUT2D eigenvalue weighted by Crippen LogP contribution is 2.36. The maximum Gasteiger partial charge on any atom is 0.329 e. The zero-order valence-electron chi connectivity index (χ0n) is 13.9. The SMILES string of the molecule is CC1(C)CCn2c(=O)n(C[C@@H](O)[C@H](O)[C@H](O)CO)c3cccc1c32. The van der Waals surface area contributed by atoms with Gasteiger partial charge in [-0.2, -0.15) is 0 Å². The fourth-order valence-corrected chi connectivity index (χ4v) is 3.49. The van der Waals surface area contributed by atoms with Gasteiger partial charge < -0.3 is 20.4 Å². The van der Waals surface area contributed by atoms with Crippen molar-refractivity contribution in [2.45, 2.75) is 57.1 Å². The van der Waals surface area contributed by atoms with Crippen molar-refractivity contribution in [2.24, 2.45) is 0 Å². The molecule has 7 heteroatoms. The quantitative estimate of drug-likeness (QED) is 0.592. The van der Waals surface area contributed by atoms with Crippen molar-refractivity contribution >= 4 is 11.0 Å². The highest BCUT2D eigenvalue weighted by Gasteiger charge is 2.32. The number of hydrogen-bond donors (Lipinski definition) is 4. The monoisotopic (exact) mass is 336 g/mol. The first-order chi connectivity index (χ1) is 11.3. The molecule has 0 radical (unpaired) electrons. The lowest BCUT2D eigenvalue weighted by atomic mass is 9.79. The maximum atomic E-state index is 12.7. The van der Waals surface area contributed by atoms with Crippen molar-refractivity contribution in [3.05, 3.63) is 34.2 Å². The van der Waals surface area contributed by atoms with E-state index in [-0.39, 0.29) is 17.6 Å². The third kappa shape index (κ3) is 2.57. The van der Waals surface area contributed by atoms with Gasteiger partial charge in [-0.15, -0.1) is 0 Å². The molecule has 1 aromatic carbocycles. The molecule has 0 bridgehead atoms. The summed E-state index contributed by atoms with van der Waals surface area (Å²) >= 11 is 0. The van der Waals surface area contributed by atoms with Gasteiger partial charge in [-0.3, -0.25) is 9.13 Å². The summed E-state index contributed by atoms with van der Waals surface area (Å²) in [6, 6.07) is 5.72. The molecule has 4 N–H and O–H groups in total. The second kappa shape index (κ2) is 6.00. The van der Waals surface area contributed by atoms with Crippen LogP contribution in [0.25, 0.3) is 11.0 Å². The standard InChI is InChI=1S/C17H24N2O5/c1-17(2)6-7-18-14-10(17)4-3-5-11(14)19(16(18)24)8-12(21)15(23)13(22)9-20/h3-5,12-13,15,20-23H,6-9H2,1-2H3/t12-,13-,15+/m1/s1. The summed E-state index contributed by atoms with van der Waals surface area (Å²) in [5.41, 5.74) is 2.38. The molecule has 1 aliphatic rings. The van der Waals surface area contributed by atoms with Crippen LogP contribution in [0.15, 0.2) is 23.0 Å². The molecule has 1 aliphatic heterocycles. The lowest BCUT2D eigenvalue weighted by Crippen LogP contribution is -2.43. The lowest BCUT2D eigenvalue weighted by molar-refractivity contribution is -0.0805. The Morgan fingerprint density at radius 3 is 2.58 bits per heavy atom. The lowest BCUT2D eigenvalue weighted by Gasteiger charge is -2.30. The Kier molecular flexibility index (Phi) is 4.29. The molecule has 0 amide bonds. The normalized spacial score (nSPS) is 20.1. The van der Waals surface area contributed by atoms with E-state index >= 15 is 0 Å². The first kappa shape index (κ1) is 17.2. The van der Waals surface area contributed by atoms with Gasteiger partial charge in [-0.25, -0.2) is 4.79 Å². The number of rotatable bonds is 5. The fraction of sp³-hybridized carbons (Fsp3) is 0.588. The van der Waals surface area contributed by atoms with Gasteiger partial charge in [0.05, 0.1) is 24.2 Å². The zero-order valence-corrected chi connectivity index (χ0v) is 13.9. The van der Waals surface area contributed by atoms with E-state index in [1.54, 1.807) is 4.57 Å². The van der Waals surface area contributed by atoms with Crippen LogP contribution in [0.1, 0.15) is 25.8 Å². The van der Waals surface area contributed by atoms with E-state index in [4.69, 9.17) is 5.11 Å². The van der Waals surface area contributed by atoms with Crippen LogP contribution in [0.5, 0.6) is 0 Å². The molecule has 0 spiro atoms. The Morgan fingerprint density at radius 2 is 1.92 bits per heavy atom. The Bertz CT molecular complexity index is 807. The summed E-state index contributed by atoms with van der Waals surface area (Å²) in [7, 11) is 0.